The van der Waals surface area contributed by atoms with Gasteiger partial charge in [-0.3, -0.25) is 0 Å². The lowest BCUT2D eigenvalue weighted by Gasteiger charge is -1.50. The summed E-state index contributed by atoms with van der Waals surface area (Å²) in [4.78, 5) is 0. The quantitative estimate of drug-likeness (QED) is 0.495. The van der Waals surface area contributed by atoms with Crippen molar-refractivity contribution in [2.75, 3.05) is 0 Å². The van der Waals surface area contributed by atoms with Crippen LogP contribution in [0.3, 0.4) is 0 Å². The predicted molar refractivity (Wildman–Crippen MR) is 35.2 cm³/mol. The summed E-state index contributed by atoms with van der Waals surface area (Å²) < 4.78 is 4.29. The maximum Gasteiger partial charge on any atom is 0.238 e. The Bertz CT molecular complexity index is 168. The fourth-order valence-corrected chi connectivity index (χ4v) is 0.0822. The number of ether oxygens (including phenoxy) is 1. The van der Waals surface area contributed by atoms with Gasteiger partial charge in [0.25, 0.3) is 0 Å². The van der Waals surface area contributed by atoms with Gasteiger partial charge >= 0.3 is 0 Å². The number of hydrogen-bond donors (Lipinski definition) is 0. The average Bonchev–Trinajstić information content (AvgIpc) is 2.70. The Labute approximate surface area is 54.4 Å². The van der Waals surface area contributed by atoms with Crippen molar-refractivity contribution in [1.82, 2.24) is 0 Å². The monoisotopic (exact) mass is 121 g/mol. The third-order valence-electron chi connectivity index (χ3n) is 0.513. The van der Waals surface area contributed by atoms with E-state index < -0.39 is 0 Å². The Morgan fingerprint density at radius 1 is 1.56 bits per heavy atom. The number of rotatable bonds is 1. The highest BCUT2D eigenvalue weighted by atomic mass is 16.5. The second-order valence-electron chi connectivity index (χ2n) is 1.18. The molecule has 0 bridgehead atoms. The summed E-state index contributed by atoms with van der Waals surface area (Å²) in [7, 11) is 0. The van der Waals surface area contributed by atoms with E-state index in [2.05, 4.69) is 17.9 Å². The van der Waals surface area contributed by atoms with Crippen LogP contribution >= 0.6 is 0 Å². The first-order valence-electron chi connectivity index (χ1n) is 2.35. The largest absolute Gasteiger partial charge is 0.446 e. The summed E-state index contributed by atoms with van der Waals surface area (Å²) in [5, 5.41) is 7.76. The van der Waals surface area contributed by atoms with Crippen LogP contribution < -0.4 is 0 Å². The second-order valence-corrected chi connectivity index (χ2v) is 1.18. The molecule has 0 saturated heterocycles. The van der Waals surface area contributed by atoms with E-state index in [4.69, 9.17) is 5.26 Å². The normalized spacial score (nSPS) is 10.3. The summed E-state index contributed by atoms with van der Waals surface area (Å²) in [6.07, 6.45) is 4.68. The Morgan fingerprint density at radius 3 is 2.00 bits per heavy atom. The van der Waals surface area contributed by atoms with E-state index in [0.29, 0.717) is 5.76 Å². The fraction of sp³-hybridized carbons (Fsp3) is 0. The van der Waals surface area contributed by atoms with Crippen molar-refractivity contribution >= 4 is 0 Å². The molecule has 0 radical (unpaired) electrons. The zero-order chi connectivity index (χ0) is 7.11. The fourth-order valence-electron chi connectivity index (χ4n) is 0.0822. The summed E-state index contributed by atoms with van der Waals surface area (Å²) in [5.74, 6) is 0.435. The van der Waals surface area contributed by atoms with E-state index in [1.807, 2.05) is 0 Å². The summed E-state index contributed by atoms with van der Waals surface area (Å²) in [5.41, 5.74) is 0. The van der Waals surface area contributed by atoms with Gasteiger partial charge in [0.15, 0.2) is 0 Å². The maximum absolute atomic E-state index is 7.76. The SMILES string of the molecule is C=CC=C.N#CC1=CO1. The van der Waals surface area contributed by atoms with Crippen LogP contribution in [0.2, 0.25) is 0 Å². The van der Waals surface area contributed by atoms with Crippen LogP contribution in [0.25, 0.3) is 0 Å². The lowest BCUT2D eigenvalue weighted by atomic mass is 10.6. The van der Waals surface area contributed by atoms with Crippen LogP contribution in [0.15, 0.2) is 37.3 Å². The van der Waals surface area contributed by atoms with Gasteiger partial charge in [-0.05, 0) is 0 Å². The molecule has 1 heterocycles. The number of nitrogens with zero attached hydrogens (tertiary/aromatic N) is 1. The van der Waals surface area contributed by atoms with Crippen LogP contribution in [-0.4, -0.2) is 0 Å². The van der Waals surface area contributed by atoms with Crippen molar-refractivity contribution in [3.05, 3.63) is 37.3 Å². The molecule has 0 amide bonds. The second kappa shape index (κ2) is 4.66. The van der Waals surface area contributed by atoms with Crippen molar-refractivity contribution < 1.29 is 4.74 Å². The summed E-state index contributed by atoms with van der Waals surface area (Å²) in [6, 6.07) is 1.78. The highest BCUT2D eigenvalue weighted by Crippen LogP contribution is 2.08. The van der Waals surface area contributed by atoms with Crippen molar-refractivity contribution in [3.8, 4) is 6.07 Å². The van der Waals surface area contributed by atoms with Gasteiger partial charge in [-0.15, -0.1) is 0 Å². The molecule has 1 aliphatic heterocycles. The van der Waals surface area contributed by atoms with Gasteiger partial charge in [-0.25, -0.2) is 0 Å². The molecule has 0 aliphatic carbocycles. The van der Waals surface area contributed by atoms with E-state index in [1.165, 1.54) is 6.26 Å². The minimum Gasteiger partial charge on any atom is -0.446 e. The average molecular weight is 121 g/mol. The zero-order valence-corrected chi connectivity index (χ0v) is 5.00. The summed E-state index contributed by atoms with van der Waals surface area (Å²) in [6.45, 7) is 6.72. The molecular weight excluding hydrogens is 114 g/mol. The van der Waals surface area contributed by atoms with Gasteiger partial charge in [0.05, 0.1) is 0 Å². The minimum atomic E-state index is 0.435. The van der Waals surface area contributed by atoms with Gasteiger partial charge in [-0.1, -0.05) is 25.3 Å². The molecule has 46 valence electrons. The molecule has 0 unspecified atom stereocenters. The molecule has 2 nitrogen and oxygen atoms in total. The van der Waals surface area contributed by atoms with Crippen molar-refractivity contribution in [1.29, 1.82) is 5.26 Å². The number of allylic oxidation sites excluding steroid dienone is 3. The first kappa shape index (κ1) is 7.51. The first-order valence-corrected chi connectivity index (χ1v) is 2.35. The molecule has 0 N–H and O–H groups in total. The zero-order valence-electron chi connectivity index (χ0n) is 5.00. The molecular formula is C7H7NO. The lowest BCUT2D eigenvalue weighted by molar-refractivity contribution is 0.518. The van der Waals surface area contributed by atoms with Crippen LogP contribution in [0, 0.1) is 11.3 Å². The molecule has 0 spiro atoms. The molecule has 1 rings (SSSR count). The molecule has 2 heteroatoms. The molecule has 0 aromatic heterocycles. The smallest absolute Gasteiger partial charge is 0.238 e. The lowest BCUT2D eigenvalue weighted by Crippen LogP contribution is -1.42. The molecule has 0 saturated carbocycles. The van der Waals surface area contributed by atoms with E-state index in [-0.39, 0.29) is 0 Å². The molecule has 1 aliphatic rings. The highest BCUT2D eigenvalue weighted by molar-refractivity contribution is 5.20. The third kappa shape index (κ3) is 6.51. The molecule has 0 aromatic rings. The van der Waals surface area contributed by atoms with Crippen LogP contribution in [0.1, 0.15) is 0 Å². The standard InChI is InChI=1S/C4H6.C3HNO/c1-3-4-2;4-1-3-2-5-3/h3-4H,1-2H2;2H. The number of hydrogen-bond acceptors (Lipinski definition) is 2. The minimum absolute atomic E-state index is 0.435. The molecule has 0 atom stereocenters. The van der Waals surface area contributed by atoms with Gasteiger partial charge in [0.2, 0.25) is 5.76 Å². The van der Waals surface area contributed by atoms with E-state index in [0.717, 1.165) is 0 Å². The van der Waals surface area contributed by atoms with Crippen LogP contribution in [0.5, 0.6) is 0 Å². The first-order chi connectivity index (χ1) is 4.35. The predicted octanol–water partition coefficient (Wildman–Crippen LogP) is 1.74. The van der Waals surface area contributed by atoms with Gasteiger partial charge < -0.3 is 4.74 Å². The molecule has 0 fully saturated rings. The molecule has 0 aromatic carbocycles. The van der Waals surface area contributed by atoms with Gasteiger partial charge in [0, 0.05) is 0 Å². The Hall–Kier alpha value is -1.49. The van der Waals surface area contributed by atoms with Gasteiger partial charge in [-0.2, -0.15) is 5.26 Å². The summed E-state index contributed by atoms with van der Waals surface area (Å²) >= 11 is 0. The van der Waals surface area contributed by atoms with E-state index >= 15 is 0 Å². The maximum atomic E-state index is 7.76. The van der Waals surface area contributed by atoms with Crippen LogP contribution in [0.4, 0.5) is 0 Å². The Balaban J connectivity index is 0.000000148. The number of nitriles is 1. The van der Waals surface area contributed by atoms with E-state index in [9.17, 15) is 0 Å². The van der Waals surface area contributed by atoms with Gasteiger partial charge in [0.1, 0.15) is 12.3 Å². The third-order valence-corrected chi connectivity index (χ3v) is 0.513. The van der Waals surface area contributed by atoms with Crippen molar-refractivity contribution in [2.24, 2.45) is 0 Å². The van der Waals surface area contributed by atoms with Crippen molar-refractivity contribution in [3.63, 3.8) is 0 Å². The van der Waals surface area contributed by atoms with Crippen LogP contribution in [-0.2, 0) is 4.74 Å². The Kier molecular flexibility index (Phi) is 3.89. The molecule has 9 heavy (non-hydrogen) atoms. The van der Waals surface area contributed by atoms with E-state index in [1.54, 1.807) is 18.2 Å². The van der Waals surface area contributed by atoms with Crippen molar-refractivity contribution in [2.45, 2.75) is 0 Å². The Morgan fingerprint density at radius 2 is 2.00 bits per heavy atom. The topological polar surface area (TPSA) is 36.3 Å². The highest BCUT2D eigenvalue weighted by Gasteiger charge is 2.04.